The van der Waals surface area contributed by atoms with Gasteiger partial charge in [-0.25, -0.2) is 0 Å². The van der Waals surface area contributed by atoms with Gasteiger partial charge in [0.1, 0.15) is 0 Å². The van der Waals surface area contributed by atoms with Gasteiger partial charge >= 0.3 is 0 Å². The Labute approximate surface area is 165 Å². The normalized spacial score (nSPS) is 11.2. The minimum absolute atomic E-state index is 0.0204. The van der Waals surface area contributed by atoms with E-state index in [1.807, 2.05) is 65.9 Å². The van der Waals surface area contributed by atoms with E-state index in [1.165, 1.54) is 11.8 Å². The molecule has 0 saturated carbocycles. The molecule has 0 unspecified atom stereocenters. The number of nitrogens with zero attached hydrogens (tertiary/aromatic N) is 4. The van der Waals surface area contributed by atoms with E-state index in [9.17, 15) is 4.79 Å². The van der Waals surface area contributed by atoms with Crippen LogP contribution in [0.25, 0.3) is 15.2 Å². The number of thiazole rings is 1. The summed E-state index contributed by atoms with van der Waals surface area (Å²) in [6.07, 6.45) is 0. The molecule has 2 aromatic heterocycles. The SMILES string of the molecule is CN(C)c1ccc(CNC(=O)CSc2nnc3sc4ccccc4n23)cc1. The molecule has 138 valence electrons. The van der Waals surface area contributed by atoms with Gasteiger partial charge in [-0.05, 0) is 29.8 Å². The van der Waals surface area contributed by atoms with Crippen molar-refractivity contribution >= 4 is 49.9 Å². The van der Waals surface area contributed by atoms with Crippen molar-refractivity contribution in [2.24, 2.45) is 0 Å². The molecule has 2 heterocycles. The van der Waals surface area contributed by atoms with Crippen LogP contribution in [0.3, 0.4) is 0 Å². The number of thioether (sulfide) groups is 1. The zero-order valence-corrected chi connectivity index (χ0v) is 16.7. The second-order valence-electron chi connectivity index (χ2n) is 6.30. The Balaban J connectivity index is 1.37. The van der Waals surface area contributed by atoms with E-state index >= 15 is 0 Å². The molecule has 0 aliphatic heterocycles. The van der Waals surface area contributed by atoms with Crippen LogP contribution in [0.1, 0.15) is 5.56 Å². The standard InChI is InChI=1S/C19H19N5OS2/c1-23(2)14-9-7-13(8-10-14)11-20-17(25)12-26-18-21-22-19-24(18)15-5-3-4-6-16(15)27-19/h3-10H,11-12H2,1-2H3,(H,20,25). The van der Waals surface area contributed by atoms with E-state index in [1.54, 1.807) is 11.3 Å². The summed E-state index contributed by atoms with van der Waals surface area (Å²) in [5, 5.41) is 12.2. The molecule has 27 heavy (non-hydrogen) atoms. The highest BCUT2D eigenvalue weighted by Gasteiger charge is 2.13. The quantitative estimate of drug-likeness (QED) is 0.505. The maximum absolute atomic E-state index is 12.2. The molecule has 0 radical (unpaired) electrons. The molecule has 0 fully saturated rings. The van der Waals surface area contributed by atoms with Gasteiger partial charge in [-0.15, -0.1) is 10.2 Å². The number of fused-ring (bicyclic) bond motifs is 3. The molecule has 0 aliphatic carbocycles. The van der Waals surface area contributed by atoms with Crippen molar-refractivity contribution in [2.75, 3.05) is 24.7 Å². The van der Waals surface area contributed by atoms with Gasteiger partial charge < -0.3 is 10.2 Å². The second-order valence-corrected chi connectivity index (χ2v) is 8.25. The third kappa shape index (κ3) is 3.77. The molecular weight excluding hydrogens is 378 g/mol. The number of carbonyl (C=O) groups excluding carboxylic acids is 1. The lowest BCUT2D eigenvalue weighted by molar-refractivity contribution is -0.118. The number of amides is 1. The maximum Gasteiger partial charge on any atom is 0.230 e. The molecule has 1 amide bonds. The number of anilines is 1. The predicted molar refractivity (Wildman–Crippen MR) is 112 cm³/mol. The van der Waals surface area contributed by atoms with Crippen LogP contribution in [0, 0.1) is 0 Å². The summed E-state index contributed by atoms with van der Waals surface area (Å²) in [6.45, 7) is 0.518. The summed E-state index contributed by atoms with van der Waals surface area (Å²) < 4.78 is 3.17. The van der Waals surface area contributed by atoms with Crippen molar-refractivity contribution < 1.29 is 4.79 Å². The minimum Gasteiger partial charge on any atom is -0.378 e. The van der Waals surface area contributed by atoms with Crippen LogP contribution < -0.4 is 10.2 Å². The van der Waals surface area contributed by atoms with Gasteiger partial charge in [0.25, 0.3) is 0 Å². The van der Waals surface area contributed by atoms with Crippen LogP contribution in [0.15, 0.2) is 53.7 Å². The zero-order chi connectivity index (χ0) is 18.8. The Morgan fingerprint density at radius 2 is 1.93 bits per heavy atom. The lowest BCUT2D eigenvalue weighted by atomic mass is 10.2. The van der Waals surface area contributed by atoms with Gasteiger partial charge in [0.15, 0.2) is 5.16 Å². The molecule has 0 saturated heterocycles. The van der Waals surface area contributed by atoms with Crippen molar-refractivity contribution in [1.29, 1.82) is 0 Å². The highest BCUT2D eigenvalue weighted by Crippen LogP contribution is 2.29. The number of hydrogen-bond acceptors (Lipinski definition) is 6. The minimum atomic E-state index is -0.0204. The predicted octanol–water partition coefficient (Wildman–Crippen LogP) is 3.42. The Morgan fingerprint density at radius 1 is 1.15 bits per heavy atom. The van der Waals surface area contributed by atoms with Crippen LogP contribution in [0.4, 0.5) is 5.69 Å². The summed E-state index contributed by atoms with van der Waals surface area (Å²) in [5.74, 6) is 0.286. The topological polar surface area (TPSA) is 62.5 Å². The average Bonchev–Trinajstić information content (AvgIpc) is 3.24. The highest BCUT2D eigenvalue weighted by atomic mass is 32.2. The summed E-state index contributed by atoms with van der Waals surface area (Å²) in [6, 6.07) is 16.3. The van der Waals surface area contributed by atoms with Crippen molar-refractivity contribution in [3.63, 3.8) is 0 Å². The molecule has 1 N–H and O–H groups in total. The Kier molecular flexibility index (Phi) is 5.00. The first-order valence-electron chi connectivity index (χ1n) is 8.50. The molecule has 4 aromatic rings. The monoisotopic (exact) mass is 397 g/mol. The highest BCUT2D eigenvalue weighted by molar-refractivity contribution is 7.99. The van der Waals surface area contributed by atoms with Crippen LogP contribution in [0.2, 0.25) is 0 Å². The lowest BCUT2D eigenvalue weighted by Gasteiger charge is -2.12. The Morgan fingerprint density at radius 3 is 2.70 bits per heavy atom. The van der Waals surface area contributed by atoms with Gasteiger partial charge in [-0.2, -0.15) is 0 Å². The van der Waals surface area contributed by atoms with Gasteiger partial charge in [0.2, 0.25) is 10.9 Å². The smallest absolute Gasteiger partial charge is 0.230 e. The van der Waals surface area contributed by atoms with E-state index in [0.717, 1.165) is 31.6 Å². The maximum atomic E-state index is 12.2. The fourth-order valence-electron chi connectivity index (χ4n) is 2.74. The van der Waals surface area contributed by atoms with Gasteiger partial charge in [0.05, 0.1) is 16.0 Å². The number of aromatic nitrogens is 3. The molecular formula is C19H19N5OS2. The summed E-state index contributed by atoms with van der Waals surface area (Å²) in [5.41, 5.74) is 3.29. The summed E-state index contributed by atoms with van der Waals surface area (Å²) >= 11 is 3.00. The number of rotatable bonds is 6. The van der Waals surface area contributed by atoms with Crippen molar-refractivity contribution in [3.05, 3.63) is 54.1 Å². The summed E-state index contributed by atoms with van der Waals surface area (Å²) in [7, 11) is 4.01. The van der Waals surface area contributed by atoms with Crippen molar-refractivity contribution in [3.8, 4) is 0 Å². The molecule has 6 nitrogen and oxygen atoms in total. The second kappa shape index (κ2) is 7.58. The fourth-order valence-corrected chi connectivity index (χ4v) is 4.54. The number of hydrogen-bond donors (Lipinski definition) is 1. The largest absolute Gasteiger partial charge is 0.378 e. The molecule has 0 atom stereocenters. The van der Waals surface area contributed by atoms with Crippen LogP contribution in [-0.2, 0) is 11.3 Å². The molecule has 4 rings (SSSR count). The Bertz CT molecular complexity index is 1080. The number of para-hydroxylation sites is 1. The first-order valence-corrected chi connectivity index (χ1v) is 10.3. The van der Waals surface area contributed by atoms with Crippen LogP contribution in [-0.4, -0.2) is 40.4 Å². The van der Waals surface area contributed by atoms with Crippen molar-refractivity contribution in [1.82, 2.24) is 19.9 Å². The first kappa shape index (κ1) is 17.8. The zero-order valence-electron chi connectivity index (χ0n) is 15.0. The van der Waals surface area contributed by atoms with E-state index in [-0.39, 0.29) is 5.91 Å². The van der Waals surface area contributed by atoms with Gasteiger partial charge in [-0.3, -0.25) is 9.20 Å². The average molecular weight is 398 g/mol. The molecule has 0 aliphatic rings. The van der Waals surface area contributed by atoms with E-state index in [2.05, 4.69) is 21.6 Å². The van der Waals surface area contributed by atoms with Crippen LogP contribution >= 0.6 is 23.1 Å². The van der Waals surface area contributed by atoms with Crippen LogP contribution in [0.5, 0.6) is 0 Å². The Hall–Kier alpha value is -2.58. The number of benzene rings is 2. The number of nitrogens with one attached hydrogen (secondary N) is 1. The van der Waals surface area contributed by atoms with E-state index < -0.39 is 0 Å². The third-order valence-electron chi connectivity index (χ3n) is 4.19. The number of carbonyl (C=O) groups is 1. The lowest BCUT2D eigenvalue weighted by Crippen LogP contribution is -2.24. The molecule has 8 heteroatoms. The molecule has 0 spiro atoms. The van der Waals surface area contributed by atoms with E-state index in [0.29, 0.717) is 12.3 Å². The first-order chi connectivity index (χ1) is 13.1. The fraction of sp³-hybridized carbons (Fsp3) is 0.211. The molecule has 2 aromatic carbocycles. The van der Waals surface area contributed by atoms with Gasteiger partial charge in [-0.1, -0.05) is 47.4 Å². The van der Waals surface area contributed by atoms with Gasteiger partial charge in [0, 0.05) is 26.3 Å². The third-order valence-corrected chi connectivity index (χ3v) is 6.13. The van der Waals surface area contributed by atoms with E-state index in [4.69, 9.17) is 0 Å². The molecule has 0 bridgehead atoms. The summed E-state index contributed by atoms with van der Waals surface area (Å²) in [4.78, 5) is 15.1. The van der Waals surface area contributed by atoms with Crippen molar-refractivity contribution in [2.45, 2.75) is 11.7 Å².